The molecule has 0 amide bonds. The normalized spacial score (nSPS) is 22.3. The van der Waals surface area contributed by atoms with Gasteiger partial charge in [0.2, 0.25) is 0 Å². The summed E-state index contributed by atoms with van der Waals surface area (Å²) in [4.78, 5) is 2.22. The summed E-state index contributed by atoms with van der Waals surface area (Å²) >= 11 is 0. The summed E-state index contributed by atoms with van der Waals surface area (Å²) in [5.74, 6) is 0. The topological polar surface area (TPSA) is 57.6 Å². The maximum Gasteiger partial charge on any atom is 0.185 e. The molecule has 0 aromatic heterocycles. The lowest BCUT2D eigenvalue weighted by Crippen LogP contribution is -2.21. The fourth-order valence-corrected chi connectivity index (χ4v) is 5.24. The van der Waals surface area contributed by atoms with E-state index in [1.54, 1.807) is 24.3 Å². The van der Waals surface area contributed by atoms with Crippen LogP contribution in [0.25, 0.3) is 0 Å². The molecule has 23 heavy (non-hydrogen) atoms. The summed E-state index contributed by atoms with van der Waals surface area (Å²) in [7, 11) is 0.309. The molecule has 2 unspecified atom stereocenters. The minimum atomic E-state index is -3.55. The van der Waals surface area contributed by atoms with Crippen LogP contribution in [0.1, 0.15) is 34.5 Å². The molecule has 1 heterocycles. The first kappa shape index (κ1) is 16.2. The monoisotopic (exact) mass is 331 g/mol. The van der Waals surface area contributed by atoms with E-state index in [1.165, 1.54) is 0 Å². The summed E-state index contributed by atoms with van der Waals surface area (Å²) in [5.41, 5.74) is 1.86. The highest BCUT2D eigenvalue weighted by Crippen LogP contribution is 2.43. The first-order valence-electron chi connectivity index (χ1n) is 7.67. The van der Waals surface area contributed by atoms with Crippen LogP contribution < -0.4 is 0 Å². The van der Waals surface area contributed by atoms with E-state index < -0.39 is 21.2 Å². The molecule has 4 nitrogen and oxygen atoms in total. The maximum atomic E-state index is 13.2. The summed E-state index contributed by atoms with van der Waals surface area (Å²) in [6.45, 7) is 0.663. The Labute approximate surface area is 137 Å². The van der Waals surface area contributed by atoms with Crippen molar-refractivity contribution in [2.24, 2.45) is 0 Å². The van der Waals surface area contributed by atoms with E-state index in [4.69, 9.17) is 0 Å². The second-order valence-electron chi connectivity index (χ2n) is 6.19. The smallest absolute Gasteiger partial charge is 0.185 e. The lowest BCUT2D eigenvalue weighted by Gasteiger charge is -2.20. The van der Waals surface area contributed by atoms with Gasteiger partial charge in [-0.05, 0) is 44.3 Å². The van der Waals surface area contributed by atoms with Crippen molar-refractivity contribution in [1.29, 1.82) is 0 Å². The average molecular weight is 331 g/mol. The fraction of sp³-hybridized carbons (Fsp3) is 0.333. The number of nitrogens with zero attached hydrogens (tertiary/aromatic N) is 1. The molecule has 0 spiro atoms. The lowest BCUT2D eigenvalue weighted by molar-refractivity contribution is 0.216. The third-order valence-electron chi connectivity index (χ3n) is 4.37. The van der Waals surface area contributed by atoms with Crippen molar-refractivity contribution in [2.45, 2.75) is 22.7 Å². The zero-order valence-corrected chi connectivity index (χ0v) is 14.1. The van der Waals surface area contributed by atoms with Crippen LogP contribution in [-0.4, -0.2) is 39.1 Å². The predicted octanol–water partition coefficient (Wildman–Crippen LogP) is 2.55. The molecule has 0 bridgehead atoms. The molecule has 0 fully saturated rings. The number of hydrogen-bond acceptors (Lipinski definition) is 4. The first-order valence-corrected chi connectivity index (χ1v) is 9.22. The molecule has 2 aromatic rings. The van der Waals surface area contributed by atoms with Gasteiger partial charge >= 0.3 is 0 Å². The molecule has 0 radical (unpaired) electrons. The van der Waals surface area contributed by atoms with Crippen molar-refractivity contribution in [3.63, 3.8) is 0 Å². The van der Waals surface area contributed by atoms with Gasteiger partial charge < -0.3 is 10.0 Å². The zero-order chi connectivity index (χ0) is 16.6. The molecular weight excluding hydrogens is 310 g/mol. The maximum absolute atomic E-state index is 13.2. The highest BCUT2D eigenvalue weighted by molar-refractivity contribution is 7.91. The minimum absolute atomic E-state index is 0.243. The Morgan fingerprint density at radius 1 is 0.957 bits per heavy atom. The van der Waals surface area contributed by atoms with Crippen molar-refractivity contribution >= 4 is 9.84 Å². The second kappa shape index (κ2) is 6.07. The average Bonchev–Trinajstić information content (AvgIpc) is 2.60. The van der Waals surface area contributed by atoms with Gasteiger partial charge in [0.15, 0.2) is 9.84 Å². The van der Waals surface area contributed by atoms with Crippen LogP contribution in [-0.2, 0) is 9.84 Å². The van der Waals surface area contributed by atoms with Crippen LogP contribution in [0, 0.1) is 0 Å². The molecule has 0 saturated carbocycles. The van der Waals surface area contributed by atoms with Gasteiger partial charge in [-0.1, -0.05) is 42.5 Å². The van der Waals surface area contributed by atoms with E-state index in [0.717, 1.165) is 0 Å². The molecular formula is C18H21NO3S. The van der Waals surface area contributed by atoms with Crippen LogP contribution in [0.2, 0.25) is 0 Å². The Morgan fingerprint density at radius 2 is 1.52 bits per heavy atom. The highest BCUT2D eigenvalue weighted by Gasteiger charge is 2.37. The van der Waals surface area contributed by atoms with E-state index in [-0.39, 0.29) is 4.90 Å². The summed E-state index contributed by atoms with van der Waals surface area (Å²) in [5, 5.41) is 10.1. The van der Waals surface area contributed by atoms with Crippen molar-refractivity contribution < 1.29 is 13.5 Å². The summed E-state index contributed by atoms with van der Waals surface area (Å²) in [6, 6.07) is 14.1. The SMILES string of the molecule is CN(C)CCC1c2ccccc2C(O)c2ccccc2S1(=O)=O. The highest BCUT2D eigenvalue weighted by atomic mass is 32.2. The number of fused-ring (bicyclic) bond motifs is 2. The molecule has 1 aliphatic heterocycles. The molecule has 0 saturated heterocycles. The van der Waals surface area contributed by atoms with Gasteiger partial charge in [0.05, 0.1) is 10.1 Å². The van der Waals surface area contributed by atoms with Gasteiger partial charge in [0.25, 0.3) is 0 Å². The summed E-state index contributed by atoms with van der Waals surface area (Å²) < 4.78 is 26.4. The van der Waals surface area contributed by atoms with Crippen LogP contribution in [0.15, 0.2) is 53.4 Å². The largest absolute Gasteiger partial charge is 0.384 e. The Bertz CT molecular complexity index is 815. The molecule has 2 aromatic carbocycles. The Balaban J connectivity index is 2.24. The lowest BCUT2D eigenvalue weighted by atomic mass is 9.94. The fourth-order valence-electron chi connectivity index (χ4n) is 3.19. The van der Waals surface area contributed by atoms with Crippen LogP contribution in [0.3, 0.4) is 0 Å². The molecule has 1 N–H and O–H groups in total. The quantitative estimate of drug-likeness (QED) is 0.939. The predicted molar refractivity (Wildman–Crippen MR) is 90.0 cm³/mol. The standard InChI is InChI=1S/C18H21NO3S/c1-19(2)12-11-17-13-7-3-4-8-14(13)18(20)15-9-5-6-10-16(15)23(17,21)22/h3-10,17-18,20H,11-12H2,1-2H3. The van der Waals surface area contributed by atoms with E-state index >= 15 is 0 Å². The molecule has 122 valence electrons. The van der Waals surface area contributed by atoms with Gasteiger partial charge in [-0.3, -0.25) is 0 Å². The van der Waals surface area contributed by atoms with Gasteiger partial charge in [0, 0.05) is 5.56 Å². The minimum Gasteiger partial charge on any atom is -0.384 e. The van der Waals surface area contributed by atoms with Gasteiger partial charge in [-0.25, -0.2) is 8.42 Å². The van der Waals surface area contributed by atoms with Crippen molar-refractivity contribution in [2.75, 3.05) is 20.6 Å². The zero-order valence-electron chi connectivity index (χ0n) is 13.3. The van der Waals surface area contributed by atoms with Gasteiger partial charge in [0.1, 0.15) is 6.10 Å². The van der Waals surface area contributed by atoms with Crippen molar-refractivity contribution in [3.05, 3.63) is 65.2 Å². The number of benzene rings is 2. The number of hydrogen-bond donors (Lipinski definition) is 1. The Morgan fingerprint density at radius 3 is 2.17 bits per heavy atom. The number of rotatable bonds is 3. The summed E-state index contributed by atoms with van der Waals surface area (Å²) in [6.07, 6.45) is -0.422. The molecule has 1 aliphatic rings. The Hall–Kier alpha value is -1.69. The number of aliphatic hydroxyl groups excluding tert-OH is 1. The van der Waals surface area contributed by atoms with Crippen LogP contribution in [0.4, 0.5) is 0 Å². The van der Waals surface area contributed by atoms with E-state index in [2.05, 4.69) is 0 Å². The molecule has 0 aliphatic carbocycles. The number of sulfone groups is 1. The third-order valence-corrected chi connectivity index (χ3v) is 6.59. The molecule has 3 rings (SSSR count). The molecule has 5 heteroatoms. The first-order chi connectivity index (χ1) is 10.9. The Kier molecular flexibility index (Phi) is 4.27. The number of aliphatic hydroxyl groups is 1. The third kappa shape index (κ3) is 2.80. The van der Waals surface area contributed by atoms with E-state index in [9.17, 15) is 13.5 Å². The van der Waals surface area contributed by atoms with Crippen molar-refractivity contribution in [3.8, 4) is 0 Å². The van der Waals surface area contributed by atoms with E-state index in [0.29, 0.717) is 29.7 Å². The van der Waals surface area contributed by atoms with Crippen molar-refractivity contribution in [1.82, 2.24) is 4.90 Å². The second-order valence-corrected chi connectivity index (χ2v) is 8.29. The van der Waals surface area contributed by atoms with Gasteiger partial charge in [-0.15, -0.1) is 0 Å². The molecule has 2 atom stereocenters. The van der Waals surface area contributed by atoms with E-state index in [1.807, 2.05) is 43.3 Å². The van der Waals surface area contributed by atoms with Crippen LogP contribution in [0.5, 0.6) is 0 Å². The van der Waals surface area contributed by atoms with Crippen LogP contribution >= 0.6 is 0 Å². The van der Waals surface area contributed by atoms with Gasteiger partial charge in [-0.2, -0.15) is 0 Å².